The van der Waals surface area contributed by atoms with Gasteiger partial charge in [0.2, 0.25) is 0 Å². The zero-order chi connectivity index (χ0) is 14.5. The summed E-state index contributed by atoms with van der Waals surface area (Å²) in [5.41, 5.74) is 2.50. The molecule has 2 rings (SSSR count). The zero-order valence-corrected chi connectivity index (χ0v) is 13.2. The van der Waals surface area contributed by atoms with E-state index in [4.69, 9.17) is 5.10 Å². The van der Waals surface area contributed by atoms with Crippen molar-refractivity contribution in [1.29, 1.82) is 0 Å². The Hall–Kier alpha value is -1.35. The number of benzene rings is 1. The molecule has 20 heavy (non-hydrogen) atoms. The fraction of sp³-hybridized carbons (Fsp3) is 0.588. The normalized spacial score (nSPS) is 13.2. The van der Waals surface area contributed by atoms with E-state index in [0.29, 0.717) is 6.04 Å². The van der Waals surface area contributed by atoms with Crippen LogP contribution in [0.2, 0.25) is 0 Å². The van der Waals surface area contributed by atoms with Crippen molar-refractivity contribution < 1.29 is 0 Å². The highest BCUT2D eigenvalue weighted by molar-refractivity contribution is 5.81. The van der Waals surface area contributed by atoms with Crippen molar-refractivity contribution >= 4 is 10.9 Å². The number of hydrogen-bond acceptors (Lipinski definition) is 2. The van der Waals surface area contributed by atoms with Gasteiger partial charge in [-0.1, -0.05) is 32.0 Å². The Morgan fingerprint density at radius 1 is 1.25 bits per heavy atom. The average molecular weight is 273 g/mol. The summed E-state index contributed by atoms with van der Waals surface area (Å²) in [4.78, 5) is 0. The van der Waals surface area contributed by atoms with Crippen LogP contribution >= 0.6 is 0 Å². The smallest absolute Gasteiger partial charge is 0.0703 e. The lowest BCUT2D eigenvalue weighted by molar-refractivity contribution is 0.420. The molecule has 1 unspecified atom stereocenters. The molecule has 0 radical (unpaired) electrons. The highest BCUT2D eigenvalue weighted by atomic mass is 15.3. The molecular weight excluding hydrogens is 246 g/mol. The van der Waals surface area contributed by atoms with Crippen LogP contribution in [0.15, 0.2) is 24.3 Å². The molecule has 1 aromatic heterocycles. The summed E-state index contributed by atoms with van der Waals surface area (Å²) in [7, 11) is 2.07. The molecule has 0 amide bonds. The first kappa shape index (κ1) is 15.0. The number of fused-ring (bicyclic) bond motifs is 1. The SMILES string of the molecule is CCn1nc(CCC(CC(C)C)NC)c2ccccc21. The maximum Gasteiger partial charge on any atom is 0.0703 e. The lowest BCUT2D eigenvalue weighted by Gasteiger charge is -2.17. The van der Waals surface area contributed by atoms with E-state index >= 15 is 0 Å². The van der Waals surface area contributed by atoms with E-state index in [0.717, 1.165) is 25.3 Å². The van der Waals surface area contributed by atoms with Crippen molar-refractivity contribution in [2.75, 3.05) is 7.05 Å². The molecule has 110 valence electrons. The zero-order valence-electron chi connectivity index (χ0n) is 13.2. The molecule has 3 heteroatoms. The summed E-state index contributed by atoms with van der Waals surface area (Å²) in [6, 6.07) is 9.15. The van der Waals surface area contributed by atoms with E-state index in [9.17, 15) is 0 Å². The Bertz CT molecular complexity index is 542. The predicted octanol–water partition coefficient (Wildman–Crippen LogP) is 3.62. The monoisotopic (exact) mass is 273 g/mol. The molecule has 0 saturated heterocycles. The minimum atomic E-state index is 0.584. The summed E-state index contributed by atoms with van der Waals surface area (Å²) >= 11 is 0. The minimum absolute atomic E-state index is 0.584. The Balaban J connectivity index is 2.13. The number of aryl methyl sites for hydroxylation is 2. The highest BCUT2D eigenvalue weighted by Gasteiger charge is 2.13. The van der Waals surface area contributed by atoms with E-state index in [-0.39, 0.29) is 0 Å². The van der Waals surface area contributed by atoms with E-state index in [1.807, 2.05) is 0 Å². The van der Waals surface area contributed by atoms with Crippen LogP contribution in [0.5, 0.6) is 0 Å². The van der Waals surface area contributed by atoms with E-state index < -0.39 is 0 Å². The number of rotatable bonds is 7. The van der Waals surface area contributed by atoms with Crippen molar-refractivity contribution in [2.45, 2.75) is 52.6 Å². The van der Waals surface area contributed by atoms with Crippen LogP contribution < -0.4 is 5.32 Å². The van der Waals surface area contributed by atoms with E-state index in [1.165, 1.54) is 23.0 Å². The van der Waals surface area contributed by atoms with Crippen LogP contribution in [0.1, 0.15) is 39.3 Å². The highest BCUT2D eigenvalue weighted by Crippen LogP contribution is 2.20. The van der Waals surface area contributed by atoms with Crippen LogP contribution in [-0.4, -0.2) is 22.9 Å². The molecule has 1 heterocycles. The predicted molar refractivity (Wildman–Crippen MR) is 86.0 cm³/mol. The average Bonchev–Trinajstić information content (AvgIpc) is 2.81. The Morgan fingerprint density at radius 2 is 2.00 bits per heavy atom. The maximum atomic E-state index is 4.78. The molecule has 0 saturated carbocycles. The van der Waals surface area contributed by atoms with Gasteiger partial charge >= 0.3 is 0 Å². The molecule has 1 aromatic carbocycles. The molecule has 1 N–H and O–H groups in total. The fourth-order valence-corrected chi connectivity index (χ4v) is 2.88. The molecule has 1 atom stereocenters. The topological polar surface area (TPSA) is 29.9 Å². The summed E-state index contributed by atoms with van der Waals surface area (Å²) < 4.78 is 2.11. The van der Waals surface area contributed by atoms with Gasteiger partial charge in [-0.05, 0) is 45.2 Å². The first-order chi connectivity index (χ1) is 9.65. The van der Waals surface area contributed by atoms with Crippen molar-refractivity contribution in [3.63, 3.8) is 0 Å². The van der Waals surface area contributed by atoms with Crippen LogP contribution in [0.25, 0.3) is 10.9 Å². The lowest BCUT2D eigenvalue weighted by atomic mass is 9.98. The van der Waals surface area contributed by atoms with Crippen molar-refractivity contribution in [1.82, 2.24) is 15.1 Å². The van der Waals surface area contributed by atoms with E-state index in [2.05, 4.69) is 62.1 Å². The van der Waals surface area contributed by atoms with Gasteiger partial charge in [-0.15, -0.1) is 0 Å². The third kappa shape index (κ3) is 3.40. The van der Waals surface area contributed by atoms with Crippen LogP contribution in [-0.2, 0) is 13.0 Å². The first-order valence-electron chi connectivity index (χ1n) is 7.77. The molecule has 0 aliphatic carbocycles. The Morgan fingerprint density at radius 3 is 2.65 bits per heavy atom. The van der Waals surface area contributed by atoms with Gasteiger partial charge in [-0.25, -0.2) is 0 Å². The second kappa shape index (κ2) is 6.89. The van der Waals surface area contributed by atoms with Crippen molar-refractivity contribution in [2.24, 2.45) is 5.92 Å². The number of hydrogen-bond donors (Lipinski definition) is 1. The summed E-state index contributed by atoms with van der Waals surface area (Å²) in [6.45, 7) is 7.65. The van der Waals surface area contributed by atoms with Crippen molar-refractivity contribution in [3.8, 4) is 0 Å². The molecule has 0 bridgehead atoms. The van der Waals surface area contributed by atoms with Gasteiger partial charge < -0.3 is 5.32 Å². The standard InChI is InChI=1S/C17H27N3/c1-5-20-17-9-7-6-8-15(17)16(19-20)11-10-14(18-4)12-13(2)3/h6-9,13-14,18H,5,10-12H2,1-4H3. The molecule has 0 fully saturated rings. The number of para-hydroxylation sites is 1. The fourth-order valence-electron chi connectivity index (χ4n) is 2.88. The Kier molecular flexibility index (Phi) is 5.18. The molecule has 3 nitrogen and oxygen atoms in total. The van der Waals surface area contributed by atoms with Gasteiger partial charge in [0.25, 0.3) is 0 Å². The number of nitrogens with one attached hydrogen (secondary N) is 1. The molecular formula is C17H27N3. The molecule has 0 aliphatic rings. The third-order valence-corrected chi connectivity index (χ3v) is 3.93. The summed E-state index contributed by atoms with van der Waals surface area (Å²) in [5, 5.41) is 9.53. The van der Waals surface area contributed by atoms with Gasteiger partial charge in [0, 0.05) is 18.0 Å². The number of aromatic nitrogens is 2. The quantitative estimate of drug-likeness (QED) is 0.835. The summed E-state index contributed by atoms with van der Waals surface area (Å²) in [6.07, 6.45) is 3.42. The summed E-state index contributed by atoms with van der Waals surface area (Å²) in [5.74, 6) is 0.734. The van der Waals surface area contributed by atoms with E-state index in [1.54, 1.807) is 0 Å². The first-order valence-corrected chi connectivity index (χ1v) is 7.77. The van der Waals surface area contributed by atoms with Gasteiger partial charge in [-0.2, -0.15) is 5.10 Å². The van der Waals surface area contributed by atoms with Gasteiger partial charge in [0.1, 0.15) is 0 Å². The van der Waals surface area contributed by atoms with Gasteiger partial charge in [0.05, 0.1) is 11.2 Å². The number of nitrogens with zero attached hydrogens (tertiary/aromatic N) is 2. The van der Waals surface area contributed by atoms with Crippen molar-refractivity contribution in [3.05, 3.63) is 30.0 Å². The Labute approximate surface area is 122 Å². The largest absolute Gasteiger partial charge is 0.317 e. The van der Waals surface area contributed by atoms with Gasteiger partial charge in [0.15, 0.2) is 0 Å². The lowest BCUT2D eigenvalue weighted by Crippen LogP contribution is -2.27. The second-order valence-electron chi connectivity index (χ2n) is 5.93. The second-order valence-corrected chi connectivity index (χ2v) is 5.93. The van der Waals surface area contributed by atoms with Crippen LogP contribution in [0.3, 0.4) is 0 Å². The molecule has 0 aliphatic heterocycles. The molecule has 2 aromatic rings. The third-order valence-electron chi connectivity index (χ3n) is 3.93. The van der Waals surface area contributed by atoms with Gasteiger partial charge in [-0.3, -0.25) is 4.68 Å². The van der Waals surface area contributed by atoms with Crippen LogP contribution in [0, 0.1) is 5.92 Å². The minimum Gasteiger partial charge on any atom is -0.317 e. The maximum absolute atomic E-state index is 4.78. The molecule has 0 spiro atoms. The van der Waals surface area contributed by atoms with Crippen LogP contribution in [0.4, 0.5) is 0 Å².